The molecule has 1 aromatic carbocycles. The van der Waals surface area contributed by atoms with Crippen LogP contribution in [0.25, 0.3) is 11.3 Å². The highest BCUT2D eigenvalue weighted by molar-refractivity contribution is 5.85. The summed E-state index contributed by atoms with van der Waals surface area (Å²) in [6.07, 6.45) is 3.57. The topological polar surface area (TPSA) is 114 Å². The van der Waals surface area contributed by atoms with Crippen LogP contribution in [0.5, 0.6) is 5.75 Å². The molecule has 2 atom stereocenters. The third kappa shape index (κ3) is 5.77. The third-order valence-corrected chi connectivity index (χ3v) is 4.49. The first kappa shape index (κ1) is 21.2. The maximum Gasteiger partial charge on any atom is 0.307 e. The number of ether oxygens (including phenoxy) is 2. The van der Waals surface area contributed by atoms with Crippen molar-refractivity contribution >= 4 is 11.9 Å². The fourth-order valence-corrected chi connectivity index (χ4v) is 3.15. The van der Waals surface area contributed by atoms with Gasteiger partial charge in [0.1, 0.15) is 24.0 Å². The fourth-order valence-electron chi connectivity index (χ4n) is 3.15. The molecule has 2 heterocycles. The van der Waals surface area contributed by atoms with Crippen molar-refractivity contribution < 1.29 is 19.1 Å². The molecule has 0 saturated carbocycles. The van der Waals surface area contributed by atoms with Gasteiger partial charge in [0.05, 0.1) is 36.5 Å². The Morgan fingerprint density at radius 1 is 1.23 bits per heavy atom. The Bertz CT molecular complexity index is 943. The molecule has 1 amide bonds. The Labute approximate surface area is 175 Å². The first-order valence-corrected chi connectivity index (χ1v) is 9.71. The van der Waals surface area contributed by atoms with Crippen LogP contribution in [0.3, 0.4) is 0 Å². The fraction of sp³-hybridized carbons (Fsp3) is 0.409. The molecule has 30 heavy (non-hydrogen) atoms. The van der Waals surface area contributed by atoms with Crippen LogP contribution in [0, 0.1) is 17.2 Å². The summed E-state index contributed by atoms with van der Waals surface area (Å²) in [6, 6.07) is 9.10. The van der Waals surface area contributed by atoms with Gasteiger partial charge in [-0.2, -0.15) is 5.26 Å². The summed E-state index contributed by atoms with van der Waals surface area (Å²) in [5.41, 5.74) is 1.21. The lowest BCUT2D eigenvalue weighted by Crippen LogP contribution is -2.31. The molecule has 8 heteroatoms. The summed E-state index contributed by atoms with van der Waals surface area (Å²) in [4.78, 5) is 32.3. The highest BCUT2D eigenvalue weighted by atomic mass is 16.6. The summed E-state index contributed by atoms with van der Waals surface area (Å²) >= 11 is 0. The van der Waals surface area contributed by atoms with E-state index in [0.29, 0.717) is 24.5 Å². The van der Waals surface area contributed by atoms with E-state index in [4.69, 9.17) is 14.7 Å². The zero-order chi connectivity index (χ0) is 21.7. The summed E-state index contributed by atoms with van der Waals surface area (Å²) in [7, 11) is 0. The van der Waals surface area contributed by atoms with E-state index in [1.165, 1.54) is 6.20 Å². The summed E-state index contributed by atoms with van der Waals surface area (Å²) in [5, 5.41) is 11.7. The van der Waals surface area contributed by atoms with Gasteiger partial charge in [0.2, 0.25) is 5.91 Å². The van der Waals surface area contributed by atoms with Crippen LogP contribution < -0.4 is 10.1 Å². The van der Waals surface area contributed by atoms with Crippen molar-refractivity contribution in [2.24, 2.45) is 5.92 Å². The molecule has 1 fully saturated rings. The molecule has 0 radical (unpaired) electrons. The lowest BCUT2D eigenvalue weighted by atomic mass is 10.0. The molecule has 0 aliphatic carbocycles. The molecule has 3 rings (SSSR count). The van der Waals surface area contributed by atoms with E-state index in [1.807, 2.05) is 30.3 Å². The van der Waals surface area contributed by atoms with Crippen LogP contribution in [0.1, 0.15) is 39.3 Å². The number of hydrogen-bond acceptors (Lipinski definition) is 7. The normalized spacial score (nSPS) is 18.4. The Kier molecular flexibility index (Phi) is 6.31. The van der Waals surface area contributed by atoms with Crippen molar-refractivity contribution in [1.29, 1.82) is 5.26 Å². The predicted molar refractivity (Wildman–Crippen MR) is 108 cm³/mol. The second-order valence-electron chi connectivity index (χ2n) is 8.16. The van der Waals surface area contributed by atoms with Gasteiger partial charge in [-0.15, -0.1) is 0 Å². The number of nitrogens with zero attached hydrogens (tertiary/aromatic N) is 3. The summed E-state index contributed by atoms with van der Waals surface area (Å²) in [5.74, 6) is -0.258. The van der Waals surface area contributed by atoms with E-state index < -0.39 is 11.5 Å². The van der Waals surface area contributed by atoms with Crippen molar-refractivity contribution in [2.45, 2.75) is 45.3 Å². The minimum Gasteiger partial charge on any atom is -0.491 e. The zero-order valence-corrected chi connectivity index (χ0v) is 17.2. The highest BCUT2D eigenvalue weighted by Gasteiger charge is 2.35. The molecule has 1 aliphatic heterocycles. The lowest BCUT2D eigenvalue weighted by molar-refractivity contribution is -0.156. The smallest absolute Gasteiger partial charge is 0.307 e. The molecule has 0 bridgehead atoms. The number of aromatic nitrogens is 2. The van der Waals surface area contributed by atoms with Gasteiger partial charge in [0.15, 0.2) is 5.69 Å². The van der Waals surface area contributed by atoms with Crippen molar-refractivity contribution in [3.05, 3.63) is 42.4 Å². The van der Waals surface area contributed by atoms with Gasteiger partial charge >= 0.3 is 5.97 Å². The monoisotopic (exact) mass is 408 g/mol. The molecular formula is C22H24N4O4. The van der Waals surface area contributed by atoms with Crippen LogP contribution in [0.2, 0.25) is 0 Å². The van der Waals surface area contributed by atoms with Gasteiger partial charge in [0, 0.05) is 5.56 Å². The van der Waals surface area contributed by atoms with Crippen LogP contribution in [-0.2, 0) is 14.3 Å². The van der Waals surface area contributed by atoms with Gasteiger partial charge in [-0.1, -0.05) is 0 Å². The van der Waals surface area contributed by atoms with Crippen LogP contribution >= 0.6 is 0 Å². The molecular weight excluding hydrogens is 384 g/mol. The van der Waals surface area contributed by atoms with E-state index in [9.17, 15) is 9.59 Å². The van der Waals surface area contributed by atoms with E-state index in [2.05, 4.69) is 15.3 Å². The first-order chi connectivity index (χ1) is 14.2. The Morgan fingerprint density at radius 2 is 1.97 bits per heavy atom. The standard InChI is InChI=1S/C22H24N4O4/c1-22(2,3)30-20(27)9-15-8-16(26-21(15)28)13-29-18-6-4-14(5-7-18)19-12-24-17(10-23)11-25-19/h4-7,11-12,15-16H,8-9,13H2,1-3H3,(H,26,28)/t15-,16-/m0/s1. The highest BCUT2D eigenvalue weighted by Crippen LogP contribution is 2.24. The number of amides is 1. The van der Waals surface area contributed by atoms with Crippen molar-refractivity contribution in [3.8, 4) is 23.1 Å². The molecule has 8 nitrogen and oxygen atoms in total. The van der Waals surface area contributed by atoms with E-state index in [0.717, 1.165) is 5.56 Å². The van der Waals surface area contributed by atoms with Crippen LogP contribution in [0.15, 0.2) is 36.7 Å². The molecule has 156 valence electrons. The number of hydrogen-bond donors (Lipinski definition) is 1. The average Bonchev–Trinajstić information content (AvgIpc) is 3.04. The van der Waals surface area contributed by atoms with Crippen LogP contribution in [0.4, 0.5) is 0 Å². The Balaban J connectivity index is 1.50. The Hall–Kier alpha value is -3.47. The maximum absolute atomic E-state index is 12.1. The minimum absolute atomic E-state index is 0.0694. The SMILES string of the molecule is CC(C)(C)OC(=O)C[C@@H]1C[C@@H](COc2ccc(-c3cnc(C#N)cn3)cc2)NC1=O. The maximum atomic E-state index is 12.1. The number of rotatable bonds is 6. The number of esters is 1. The van der Waals surface area contributed by atoms with E-state index >= 15 is 0 Å². The van der Waals surface area contributed by atoms with E-state index in [-0.39, 0.29) is 30.0 Å². The lowest BCUT2D eigenvalue weighted by Gasteiger charge is -2.20. The molecule has 1 saturated heterocycles. The molecule has 1 N–H and O–H groups in total. The van der Waals surface area contributed by atoms with Crippen LogP contribution in [-0.4, -0.2) is 40.1 Å². The third-order valence-electron chi connectivity index (χ3n) is 4.49. The quantitative estimate of drug-likeness (QED) is 0.731. The zero-order valence-electron chi connectivity index (χ0n) is 17.2. The molecule has 1 aromatic heterocycles. The van der Waals surface area contributed by atoms with Gasteiger partial charge in [-0.25, -0.2) is 4.98 Å². The predicted octanol–water partition coefficient (Wildman–Crippen LogP) is 2.63. The first-order valence-electron chi connectivity index (χ1n) is 9.71. The van der Waals surface area contributed by atoms with E-state index in [1.54, 1.807) is 27.0 Å². The van der Waals surface area contributed by atoms with Crippen molar-refractivity contribution in [1.82, 2.24) is 15.3 Å². The number of carbonyl (C=O) groups excluding carboxylic acids is 2. The number of carbonyl (C=O) groups is 2. The largest absolute Gasteiger partial charge is 0.491 e. The van der Waals surface area contributed by atoms with Gasteiger partial charge in [-0.05, 0) is 51.5 Å². The van der Waals surface area contributed by atoms with Gasteiger partial charge in [0.25, 0.3) is 0 Å². The van der Waals surface area contributed by atoms with Crippen molar-refractivity contribution in [3.63, 3.8) is 0 Å². The number of nitriles is 1. The Morgan fingerprint density at radius 3 is 2.57 bits per heavy atom. The second kappa shape index (κ2) is 8.91. The van der Waals surface area contributed by atoms with Crippen molar-refractivity contribution in [2.75, 3.05) is 6.61 Å². The molecule has 0 spiro atoms. The average molecular weight is 408 g/mol. The molecule has 0 unspecified atom stereocenters. The summed E-state index contributed by atoms with van der Waals surface area (Å²) in [6.45, 7) is 5.72. The molecule has 2 aromatic rings. The summed E-state index contributed by atoms with van der Waals surface area (Å²) < 4.78 is 11.1. The van der Waals surface area contributed by atoms with Gasteiger partial charge in [-0.3, -0.25) is 14.6 Å². The second-order valence-corrected chi connectivity index (χ2v) is 8.16. The molecule has 1 aliphatic rings. The number of nitrogens with one attached hydrogen (secondary N) is 1. The minimum atomic E-state index is -0.565. The number of benzene rings is 1. The van der Waals surface area contributed by atoms with Gasteiger partial charge < -0.3 is 14.8 Å².